The fourth-order valence-corrected chi connectivity index (χ4v) is 2.51. The van der Waals surface area contributed by atoms with E-state index in [-0.39, 0.29) is 6.10 Å². The third kappa shape index (κ3) is 2.77. The Morgan fingerprint density at radius 1 is 1.50 bits per heavy atom. The molecule has 1 aliphatic rings. The monoisotopic (exact) mass is 266 g/mol. The summed E-state index contributed by atoms with van der Waals surface area (Å²) in [6.07, 6.45) is 2.42. The summed E-state index contributed by atoms with van der Waals surface area (Å²) in [7, 11) is 0. The van der Waals surface area contributed by atoms with Crippen LogP contribution in [0, 0.1) is 0 Å². The Kier molecular flexibility index (Phi) is 3.68. The van der Waals surface area contributed by atoms with Crippen LogP contribution in [0.1, 0.15) is 18.7 Å². The molecule has 0 bridgehead atoms. The molecule has 0 aromatic carbocycles. The molecule has 0 N–H and O–H groups in total. The zero-order valence-electron chi connectivity index (χ0n) is 9.87. The van der Waals surface area contributed by atoms with E-state index >= 15 is 0 Å². The van der Waals surface area contributed by atoms with Crippen molar-refractivity contribution in [2.75, 3.05) is 13.2 Å². The van der Waals surface area contributed by atoms with Gasteiger partial charge in [-0.25, -0.2) is 0 Å². The van der Waals surface area contributed by atoms with Crippen molar-refractivity contribution in [3.05, 3.63) is 22.7 Å². The normalized spacial score (nSPS) is 19.4. The highest BCUT2D eigenvalue weighted by Crippen LogP contribution is 2.19. The van der Waals surface area contributed by atoms with E-state index in [2.05, 4.69) is 10.1 Å². The molecular formula is C12H14N2O3S. The van der Waals surface area contributed by atoms with Crippen LogP contribution >= 0.6 is 11.3 Å². The predicted molar refractivity (Wildman–Crippen MR) is 66.2 cm³/mol. The predicted octanol–water partition coefficient (Wildman–Crippen LogP) is 2.49. The molecule has 2 aromatic rings. The Morgan fingerprint density at radius 2 is 2.50 bits per heavy atom. The summed E-state index contributed by atoms with van der Waals surface area (Å²) in [5, 5.41) is 7.89. The first-order chi connectivity index (χ1) is 8.92. The molecule has 0 amide bonds. The number of hydrogen-bond donors (Lipinski definition) is 0. The number of thiophene rings is 1. The van der Waals surface area contributed by atoms with E-state index in [0.29, 0.717) is 24.9 Å². The van der Waals surface area contributed by atoms with Crippen molar-refractivity contribution in [2.24, 2.45) is 0 Å². The first kappa shape index (κ1) is 11.8. The van der Waals surface area contributed by atoms with Crippen LogP contribution in [-0.4, -0.2) is 29.5 Å². The molecule has 1 fully saturated rings. The molecule has 1 atom stereocenters. The van der Waals surface area contributed by atoms with Gasteiger partial charge in [-0.15, -0.1) is 0 Å². The lowest BCUT2D eigenvalue weighted by atomic mass is 10.2. The van der Waals surface area contributed by atoms with Crippen LogP contribution in [0.25, 0.3) is 11.4 Å². The molecule has 1 unspecified atom stereocenters. The van der Waals surface area contributed by atoms with E-state index in [1.165, 1.54) is 0 Å². The largest absolute Gasteiger partial charge is 0.376 e. The molecule has 0 saturated carbocycles. The highest BCUT2D eigenvalue weighted by molar-refractivity contribution is 7.08. The molecule has 2 aromatic heterocycles. The van der Waals surface area contributed by atoms with Gasteiger partial charge in [0.05, 0.1) is 12.7 Å². The van der Waals surface area contributed by atoms with Gasteiger partial charge in [0.1, 0.15) is 6.61 Å². The number of rotatable bonds is 5. The zero-order chi connectivity index (χ0) is 12.2. The van der Waals surface area contributed by atoms with Crippen molar-refractivity contribution >= 4 is 11.3 Å². The molecule has 3 rings (SSSR count). The highest BCUT2D eigenvalue weighted by atomic mass is 32.1. The highest BCUT2D eigenvalue weighted by Gasteiger charge is 2.16. The summed E-state index contributed by atoms with van der Waals surface area (Å²) >= 11 is 1.61. The van der Waals surface area contributed by atoms with Gasteiger partial charge in [0.15, 0.2) is 0 Å². The van der Waals surface area contributed by atoms with Crippen molar-refractivity contribution < 1.29 is 14.0 Å². The van der Waals surface area contributed by atoms with Gasteiger partial charge in [-0.05, 0) is 24.3 Å². The first-order valence-corrected chi connectivity index (χ1v) is 6.90. The van der Waals surface area contributed by atoms with Gasteiger partial charge in [-0.1, -0.05) is 5.16 Å². The summed E-state index contributed by atoms with van der Waals surface area (Å²) in [5.41, 5.74) is 0.981. The Labute approximate surface area is 109 Å². The molecule has 18 heavy (non-hydrogen) atoms. The molecule has 96 valence electrons. The zero-order valence-corrected chi connectivity index (χ0v) is 10.7. The van der Waals surface area contributed by atoms with Gasteiger partial charge < -0.3 is 14.0 Å². The average Bonchev–Trinajstić information content (AvgIpc) is 3.12. The first-order valence-electron chi connectivity index (χ1n) is 5.96. The maximum atomic E-state index is 5.52. The molecule has 6 heteroatoms. The smallest absolute Gasteiger partial charge is 0.252 e. The summed E-state index contributed by atoms with van der Waals surface area (Å²) in [6.45, 7) is 1.78. The molecule has 3 heterocycles. The molecule has 1 saturated heterocycles. The van der Waals surface area contributed by atoms with Gasteiger partial charge in [0, 0.05) is 17.6 Å². The molecule has 5 nitrogen and oxygen atoms in total. The Bertz CT molecular complexity index is 477. The van der Waals surface area contributed by atoms with Crippen molar-refractivity contribution in [2.45, 2.75) is 25.6 Å². The standard InChI is InChI=1S/C12H14N2O3S/c1-2-10(16-4-1)6-15-7-11-13-12(14-17-11)9-3-5-18-8-9/h3,5,8,10H,1-2,4,6-7H2. The molecular weight excluding hydrogens is 252 g/mol. The second-order valence-electron chi connectivity index (χ2n) is 4.17. The lowest BCUT2D eigenvalue weighted by Gasteiger charge is -2.07. The van der Waals surface area contributed by atoms with E-state index in [0.717, 1.165) is 25.0 Å². The van der Waals surface area contributed by atoms with Crippen LogP contribution in [0.5, 0.6) is 0 Å². The van der Waals surface area contributed by atoms with Crippen LogP contribution in [0.15, 0.2) is 21.3 Å². The summed E-state index contributed by atoms with van der Waals surface area (Å²) in [6, 6.07) is 1.96. The molecule has 1 aliphatic heterocycles. The summed E-state index contributed by atoms with van der Waals surface area (Å²) < 4.78 is 16.1. The van der Waals surface area contributed by atoms with Gasteiger partial charge in [0.25, 0.3) is 5.89 Å². The van der Waals surface area contributed by atoms with Crippen LogP contribution in [0.4, 0.5) is 0 Å². The fraction of sp³-hybridized carbons (Fsp3) is 0.500. The summed E-state index contributed by atoms with van der Waals surface area (Å²) in [4.78, 5) is 4.28. The van der Waals surface area contributed by atoms with Crippen LogP contribution in [-0.2, 0) is 16.1 Å². The van der Waals surface area contributed by atoms with Crippen molar-refractivity contribution in [1.82, 2.24) is 10.1 Å². The molecule has 0 aliphatic carbocycles. The van der Waals surface area contributed by atoms with Gasteiger partial charge >= 0.3 is 0 Å². The van der Waals surface area contributed by atoms with Gasteiger partial charge in [0.2, 0.25) is 5.82 Å². The third-order valence-electron chi connectivity index (χ3n) is 2.80. The van der Waals surface area contributed by atoms with Crippen LogP contribution in [0.2, 0.25) is 0 Å². The molecule has 0 spiro atoms. The average molecular weight is 266 g/mol. The van der Waals surface area contributed by atoms with E-state index in [1.807, 2.05) is 16.8 Å². The molecule has 0 radical (unpaired) electrons. The van der Waals surface area contributed by atoms with E-state index in [9.17, 15) is 0 Å². The minimum Gasteiger partial charge on any atom is -0.376 e. The quantitative estimate of drug-likeness (QED) is 0.832. The van der Waals surface area contributed by atoms with Gasteiger partial charge in [-0.3, -0.25) is 0 Å². The number of hydrogen-bond acceptors (Lipinski definition) is 6. The lowest BCUT2D eigenvalue weighted by Crippen LogP contribution is -2.13. The number of ether oxygens (including phenoxy) is 2. The van der Waals surface area contributed by atoms with E-state index < -0.39 is 0 Å². The Hall–Kier alpha value is -1.24. The van der Waals surface area contributed by atoms with E-state index in [1.54, 1.807) is 11.3 Å². The van der Waals surface area contributed by atoms with Gasteiger partial charge in [-0.2, -0.15) is 16.3 Å². The maximum Gasteiger partial charge on any atom is 0.252 e. The Balaban J connectivity index is 1.51. The SMILES string of the molecule is c1cc(-c2noc(COCC3CCCO3)n2)cs1. The number of nitrogens with zero attached hydrogens (tertiary/aromatic N) is 2. The minimum atomic E-state index is 0.226. The number of aromatic nitrogens is 2. The van der Waals surface area contributed by atoms with Crippen LogP contribution < -0.4 is 0 Å². The second-order valence-corrected chi connectivity index (χ2v) is 4.95. The van der Waals surface area contributed by atoms with Crippen molar-refractivity contribution in [3.63, 3.8) is 0 Å². The third-order valence-corrected chi connectivity index (χ3v) is 3.48. The van der Waals surface area contributed by atoms with E-state index in [4.69, 9.17) is 14.0 Å². The minimum absolute atomic E-state index is 0.226. The summed E-state index contributed by atoms with van der Waals surface area (Å²) in [5.74, 6) is 1.13. The van der Waals surface area contributed by atoms with Crippen LogP contribution in [0.3, 0.4) is 0 Å². The van der Waals surface area contributed by atoms with Crippen molar-refractivity contribution in [1.29, 1.82) is 0 Å². The Morgan fingerprint density at radius 3 is 3.28 bits per heavy atom. The fourth-order valence-electron chi connectivity index (χ4n) is 1.88. The topological polar surface area (TPSA) is 57.4 Å². The maximum absolute atomic E-state index is 5.52. The van der Waals surface area contributed by atoms with Crippen molar-refractivity contribution in [3.8, 4) is 11.4 Å². The lowest BCUT2D eigenvalue weighted by molar-refractivity contribution is 0.00325. The second kappa shape index (κ2) is 5.60.